The zero-order valence-electron chi connectivity index (χ0n) is 7.94. The highest BCUT2D eigenvalue weighted by atomic mass is 15.1. The van der Waals surface area contributed by atoms with E-state index < -0.39 is 0 Å². The molecule has 14 heavy (non-hydrogen) atoms. The molecule has 0 radical (unpaired) electrons. The van der Waals surface area contributed by atoms with Crippen LogP contribution in [-0.4, -0.2) is 14.5 Å². The standard InChI is InChI=1S/C10H10N4/c1-14-8-4-3-7-12-10(8)13-9(14)5-2-6-11/h3-4,7H,2,5H2,1H3. The first-order valence-electron chi connectivity index (χ1n) is 4.46. The van der Waals surface area contributed by atoms with Crippen LogP contribution < -0.4 is 0 Å². The lowest BCUT2D eigenvalue weighted by Gasteiger charge is -1.97. The number of fused-ring (bicyclic) bond motifs is 1. The summed E-state index contributed by atoms with van der Waals surface area (Å²) in [5.74, 6) is 0.917. The van der Waals surface area contributed by atoms with Crippen LogP contribution in [0.15, 0.2) is 18.3 Å². The van der Waals surface area contributed by atoms with Crippen molar-refractivity contribution in [3.05, 3.63) is 24.2 Å². The fourth-order valence-electron chi connectivity index (χ4n) is 1.46. The van der Waals surface area contributed by atoms with E-state index in [4.69, 9.17) is 5.26 Å². The predicted molar refractivity (Wildman–Crippen MR) is 52.4 cm³/mol. The molecule has 0 aliphatic rings. The lowest BCUT2D eigenvalue weighted by atomic mass is 10.3. The van der Waals surface area contributed by atoms with E-state index in [1.807, 2.05) is 23.7 Å². The van der Waals surface area contributed by atoms with E-state index >= 15 is 0 Å². The minimum absolute atomic E-state index is 0.497. The number of hydrogen-bond donors (Lipinski definition) is 0. The van der Waals surface area contributed by atoms with Crippen LogP contribution in [0.3, 0.4) is 0 Å². The van der Waals surface area contributed by atoms with Gasteiger partial charge in [0.1, 0.15) is 5.82 Å². The Morgan fingerprint density at radius 3 is 3.14 bits per heavy atom. The summed E-state index contributed by atoms with van der Waals surface area (Å²) >= 11 is 0. The van der Waals surface area contributed by atoms with Crippen molar-refractivity contribution in [2.75, 3.05) is 0 Å². The van der Waals surface area contributed by atoms with Crippen molar-refractivity contribution in [3.63, 3.8) is 0 Å². The number of pyridine rings is 1. The minimum atomic E-state index is 0.497. The molecule has 2 heterocycles. The normalized spacial score (nSPS) is 10.3. The monoisotopic (exact) mass is 186 g/mol. The maximum Gasteiger partial charge on any atom is 0.177 e. The summed E-state index contributed by atoms with van der Waals surface area (Å²) in [6, 6.07) is 5.98. The SMILES string of the molecule is Cn1c(CCC#N)nc2ncccc21. The van der Waals surface area contributed by atoms with Crippen LogP contribution in [0, 0.1) is 11.3 Å². The second-order valence-electron chi connectivity index (χ2n) is 3.09. The number of aryl methyl sites for hydroxylation is 2. The summed E-state index contributed by atoms with van der Waals surface area (Å²) in [4.78, 5) is 8.51. The van der Waals surface area contributed by atoms with E-state index in [1.54, 1.807) is 6.20 Å². The van der Waals surface area contributed by atoms with Crippen LogP contribution in [0.2, 0.25) is 0 Å². The van der Waals surface area contributed by atoms with Gasteiger partial charge in [-0.15, -0.1) is 0 Å². The molecule has 4 heteroatoms. The van der Waals surface area contributed by atoms with Crippen molar-refractivity contribution < 1.29 is 0 Å². The first-order valence-corrected chi connectivity index (χ1v) is 4.46. The third kappa shape index (κ3) is 1.33. The van der Waals surface area contributed by atoms with Crippen LogP contribution in [-0.2, 0) is 13.5 Å². The molecule has 0 saturated carbocycles. The number of nitriles is 1. The lowest BCUT2D eigenvalue weighted by Crippen LogP contribution is -1.96. The van der Waals surface area contributed by atoms with Gasteiger partial charge < -0.3 is 4.57 Å². The van der Waals surface area contributed by atoms with Gasteiger partial charge in [-0.1, -0.05) is 0 Å². The van der Waals surface area contributed by atoms with E-state index in [1.165, 1.54) is 0 Å². The Labute approximate surface area is 81.8 Å². The molecule has 0 atom stereocenters. The molecule has 0 aromatic carbocycles. The van der Waals surface area contributed by atoms with Gasteiger partial charge in [0, 0.05) is 26.1 Å². The molecule has 4 nitrogen and oxygen atoms in total. The molecule has 0 aliphatic heterocycles. The van der Waals surface area contributed by atoms with E-state index in [-0.39, 0.29) is 0 Å². The lowest BCUT2D eigenvalue weighted by molar-refractivity contribution is 0.801. The van der Waals surface area contributed by atoms with Crippen molar-refractivity contribution in [2.45, 2.75) is 12.8 Å². The van der Waals surface area contributed by atoms with E-state index in [9.17, 15) is 0 Å². The first-order chi connectivity index (χ1) is 6.83. The Kier molecular flexibility index (Phi) is 2.15. The Morgan fingerprint density at radius 1 is 1.57 bits per heavy atom. The van der Waals surface area contributed by atoms with Crippen LogP contribution in [0.5, 0.6) is 0 Å². The summed E-state index contributed by atoms with van der Waals surface area (Å²) in [6.45, 7) is 0. The van der Waals surface area contributed by atoms with Gasteiger partial charge in [0.15, 0.2) is 5.65 Å². The van der Waals surface area contributed by atoms with Crippen molar-refractivity contribution >= 4 is 11.2 Å². The second kappa shape index (κ2) is 3.46. The molecule has 0 spiro atoms. The smallest absolute Gasteiger partial charge is 0.177 e. The molecule has 0 N–H and O–H groups in total. The molecular weight excluding hydrogens is 176 g/mol. The Balaban J connectivity index is 2.47. The van der Waals surface area contributed by atoms with Crippen molar-refractivity contribution in [1.29, 1.82) is 5.26 Å². The highest BCUT2D eigenvalue weighted by molar-refractivity contribution is 5.71. The summed E-state index contributed by atoms with van der Waals surface area (Å²) in [7, 11) is 1.95. The van der Waals surface area contributed by atoms with Gasteiger partial charge in [0.05, 0.1) is 11.6 Å². The fourth-order valence-corrected chi connectivity index (χ4v) is 1.46. The molecule has 0 fully saturated rings. The Bertz CT molecular complexity index is 492. The van der Waals surface area contributed by atoms with Crippen molar-refractivity contribution in [2.24, 2.45) is 7.05 Å². The molecule has 2 aromatic rings. The molecule has 70 valence electrons. The molecular formula is C10H10N4. The third-order valence-corrected chi connectivity index (χ3v) is 2.21. The van der Waals surface area contributed by atoms with Crippen LogP contribution >= 0.6 is 0 Å². The molecule has 0 aliphatic carbocycles. The maximum absolute atomic E-state index is 8.49. The molecule has 0 amide bonds. The van der Waals surface area contributed by atoms with Gasteiger partial charge in [-0.3, -0.25) is 0 Å². The summed E-state index contributed by atoms with van der Waals surface area (Å²) in [5.41, 5.74) is 1.77. The van der Waals surface area contributed by atoms with E-state index in [0.29, 0.717) is 12.8 Å². The minimum Gasteiger partial charge on any atom is -0.330 e. The van der Waals surface area contributed by atoms with Gasteiger partial charge in [-0.05, 0) is 12.1 Å². The number of hydrogen-bond acceptors (Lipinski definition) is 3. The quantitative estimate of drug-likeness (QED) is 0.712. The zero-order chi connectivity index (χ0) is 9.97. The highest BCUT2D eigenvalue weighted by Crippen LogP contribution is 2.12. The number of rotatable bonds is 2. The van der Waals surface area contributed by atoms with Gasteiger partial charge in [0.25, 0.3) is 0 Å². The summed E-state index contributed by atoms with van der Waals surface area (Å²) < 4.78 is 1.99. The van der Waals surface area contributed by atoms with Gasteiger partial charge in [-0.2, -0.15) is 5.26 Å². The second-order valence-corrected chi connectivity index (χ2v) is 3.09. The van der Waals surface area contributed by atoms with Gasteiger partial charge in [0.2, 0.25) is 0 Å². The average Bonchev–Trinajstić information content (AvgIpc) is 2.54. The van der Waals surface area contributed by atoms with E-state index in [2.05, 4.69) is 16.0 Å². The van der Waals surface area contributed by atoms with Crippen LogP contribution in [0.1, 0.15) is 12.2 Å². The average molecular weight is 186 g/mol. The number of imidazole rings is 1. The molecule has 2 rings (SSSR count). The summed E-state index contributed by atoms with van der Waals surface area (Å²) in [6.07, 6.45) is 2.91. The van der Waals surface area contributed by atoms with Crippen LogP contribution in [0.25, 0.3) is 11.2 Å². The molecule has 0 saturated heterocycles. The first kappa shape index (κ1) is 8.70. The predicted octanol–water partition coefficient (Wildman–Crippen LogP) is 1.42. The van der Waals surface area contributed by atoms with Crippen LogP contribution in [0.4, 0.5) is 0 Å². The zero-order valence-corrected chi connectivity index (χ0v) is 7.94. The molecule has 2 aromatic heterocycles. The van der Waals surface area contributed by atoms with E-state index in [0.717, 1.165) is 17.0 Å². The summed E-state index contributed by atoms with van der Waals surface area (Å²) in [5, 5.41) is 8.49. The van der Waals surface area contributed by atoms with Gasteiger partial charge >= 0.3 is 0 Å². The number of nitrogens with zero attached hydrogens (tertiary/aromatic N) is 4. The molecule has 0 unspecified atom stereocenters. The third-order valence-electron chi connectivity index (χ3n) is 2.21. The molecule has 0 bridgehead atoms. The topological polar surface area (TPSA) is 54.5 Å². The highest BCUT2D eigenvalue weighted by Gasteiger charge is 2.06. The number of aromatic nitrogens is 3. The van der Waals surface area contributed by atoms with Crippen molar-refractivity contribution in [1.82, 2.24) is 14.5 Å². The Morgan fingerprint density at radius 2 is 2.43 bits per heavy atom. The van der Waals surface area contributed by atoms with Gasteiger partial charge in [-0.25, -0.2) is 9.97 Å². The largest absolute Gasteiger partial charge is 0.330 e. The maximum atomic E-state index is 8.49. The Hall–Kier alpha value is -1.89. The fraction of sp³-hybridized carbons (Fsp3) is 0.300. The van der Waals surface area contributed by atoms with Crippen molar-refractivity contribution in [3.8, 4) is 6.07 Å².